The van der Waals surface area contributed by atoms with E-state index in [0.29, 0.717) is 28.5 Å². The van der Waals surface area contributed by atoms with Gasteiger partial charge in [-0.15, -0.1) is 16.4 Å². The van der Waals surface area contributed by atoms with E-state index in [4.69, 9.17) is 21.2 Å². The summed E-state index contributed by atoms with van der Waals surface area (Å²) in [5.41, 5.74) is 2.43. The van der Waals surface area contributed by atoms with Crippen LogP contribution in [0.2, 0.25) is 5.02 Å². The lowest BCUT2D eigenvalue weighted by atomic mass is 9.82. The monoisotopic (exact) mass is 532 g/mol. The second-order valence-electron chi connectivity index (χ2n) is 9.42. The molecule has 37 heavy (non-hydrogen) atoms. The number of para-hydroxylation sites is 1. The topological polar surface area (TPSA) is 68.7 Å². The van der Waals surface area contributed by atoms with Gasteiger partial charge in [-0.2, -0.15) is 0 Å². The maximum absolute atomic E-state index is 13.0. The summed E-state index contributed by atoms with van der Waals surface area (Å²) in [6.45, 7) is 0.340. The SMILES string of the molecule is O=C1c2ccccc2C(=O)N1OC(c1ccc(OCc2nc3ccccc3s2)cc1Cl)C1CCCCC1. The number of hydrogen-bond donors (Lipinski definition) is 0. The highest BCUT2D eigenvalue weighted by atomic mass is 35.5. The smallest absolute Gasteiger partial charge is 0.285 e. The van der Waals surface area contributed by atoms with Crippen molar-refractivity contribution in [1.82, 2.24) is 10.0 Å². The molecule has 4 aromatic rings. The number of halogens is 1. The Morgan fingerprint density at radius 3 is 2.35 bits per heavy atom. The van der Waals surface area contributed by atoms with Gasteiger partial charge in [-0.1, -0.05) is 61.2 Å². The first-order valence-corrected chi connectivity index (χ1v) is 13.7. The zero-order valence-corrected chi connectivity index (χ0v) is 21.6. The highest BCUT2D eigenvalue weighted by Gasteiger charge is 2.40. The summed E-state index contributed by atoms with van der Waals surface area (Å²) in [5.74, 6) is -0.108. The Morgan fingerprint density at radius 2 is 1.65 bits per heavy atom. The number of thiazole rings is 1. The second-order valence-corrected chi connectivity index (χ2v) is 10.9. The third-order valence-corrected chi connectivity index (χ3v) is 8.37. The normalized spacial score (nSPS) is 16.8. The highest BCUT2D eigenvalue weighted by molar-refractivity contribution is 7.18. The minimum atomic E-state index is -0.520. The standard InChI is InChI=1S/C29H25ClN2O4S/c30-23-16-19(35-17-26-31-24-12-6-7-13-25(24)37-26)14-15-22(23)27(18-8-2-1-3-9-18)36-32-28(33)20-10-4-5-11-21(20)29(32)34/h4-7,10-16,18,27H,1-3,8-9,17H2. The lowest BCUT2D eigenvalue weighted by Crippen LogP contribution is -2.34. The molecule has 188 valence electrons. The summed E-state index contributed by atoms with van der Waals surface area (Å²) in [4.78, 5) is 36.9. The van der Waals surface area contributed by atoms with Crippen LogP contribution in [0.3, 0.4) is 0 Å². The average molecular weight is 533 g/mol. The number of aromatic nitrogens is 1. The zero-order chi connectivity index (χ0) is 25.4. The summed E-state index contributed by atoms with van der Waals surface area (Å²) < 4.78 is 7.12. The van der Waals surface area contributed by atoms with Crippen LogP contribution in [0.4, 0.5) is 0 Å². The van der Waals surface area contributed by atoms with Crippen LogP contribution in [-0.2, 0) is 11.4 Å². The molecule has 3 aromatic carbocycles. The number of nitrogens with zero attached hydrogens (tertiary/aromatic N) is 2. The van der Waals surface area contributed by atoms with Crippen molar-refractivity contribution in [3.05, 3.63) is 93.5 Å². The highest BCUT2D eigenvalue weighted by Crippen LogP contribution is 2.42. The molecule has 1 saturated carbocycles. The van der Waals surface area contributed by atoms with E-state index in [1.165, 1.54) is 6.42 Å². The van der Waals surface area contributed by atoms with Crippen molar-refractivity contribution < 1.29 is 19.2 Å². The fourth-order valence-electron chi connectivity index (χ4n) is 5.17. The summed E-state index contributed by atoms with van der Waals surface area (Å²) in [6.07, 6.45) is 4.69. The van der Waals surface area contributed by atoms with Crippen LogP contribution in [0, 0.1) is 5.92 Å². The molecule has 0 saturated heterocycles. The predicted molar refractivity (Wildman–Crippen MR) is 143 cm³/mol. The number of fused-ring (bicyclic) bond motifs is 2. The maximum atomic E-state index is 13.0. The number of benzene rings is 3. The van der Waals surface area contributed by atoms with Gasteiger partial charge in [0, 0.05) is 5.56 Å². The number of carbonyl (C=O) groups excluding carboxylic acids is 2. The van der Waals surface area contributed by atoms with Gasteiger partial charge in [-0.25, -0.2) is 4.98 Å². The van der Waals surface area contributed by atoms with E-state index in [9.17, 15) is 9.59 Å². The number of hydroxylamine groups is 2. The third-order valence-electron chi connectivity index (χ3n) is 7.03. The Hall–Kier alpha value is -3.26. The summed E-state index contributed by atoms with van der Waals surface area (Å²) in [7, 11) is 0. The van der Waals surface area contributed by atoms with E-state index in [2.05, 4.69) is 4.98 Å². The van der Waals surface area contributed by atoms with Crippen molar-refractivity contribution in [2.24, 2.45) is 5.92 Å². The Balaban J connectivity index is 1.23. The van der Waals surface area contributed by atoms with E-state index in [1.807, 2.05) is 36.4 Å². The van der Waals surface area contributed by atoms with Crippen molar-refractivity contribution in [2.75, 3.05) is 0 Å². The lowest BCUT2D eigenvalue weighted by molar-refractivity contribution is -0.156. The molecule has 6 nitrogen and oxygen atoms in total. The van der Waals surface area contributed by atoms with Gasteiger partial charge >= 0.3 is 0 Å². The van der Waals surface area contributed by atoms with Crippen molar-refractivity contribution in [1.29, 1.82) is 0 Å². The average Bonchev–Trinajstić information content (AvgIpc) is 3.45. The third kappa shape index (κ3) is 4.75. The molecule has 0 bridgehead atoms. The molecule has 2 aliphatic rings. The number of ether oxygens (including phenoxy) is 1. The van der Waals surface area contributed by atoms with Gasteiger partial charge in [0.25, 0.3) is 11.8 Å². The number of amides is 2. The Labute approximate surface area is 223 Å². The van der Waals surface area contributed by atoms with Crippen LogP contribution in [0.15, 0.2) is 66.7 Å². The molecule has 8 heteroatoms. The molecule has 1 aromatic heterocycles. The van der Waals surface area contributed by atoms with Crippen LogP contribution in [0.1, 0.15) is 69.5 Å². The summed E-state index contributed by atoms with van der Waals surface area (Å²) >= 11 is 8.38. The van der Waals surface area contributed by atoms with Crippen LogP contribution >= 0.6 is 22.9 Å². The van der Waals surface area contributed by atoms with Gasteiger partial charge in [0.15, 0.2) is 0 Å². The fourth-order valence-corrected chi connectivity index (χ4v) is 6.32. The summed E-state index contributed by atoms with van der Waals surface area (Å²) in [6, 6.07) is 20.3. The minimum Gasteiger partial charge on any atom is -0.486 e. The van der Waals surface area contributed by atoms with E-state index in [0.717, 1.165) is 51.5 Å². The molecular weight excluding hydrogens is 508 g/mol. The first-order valence-electron chi connectivity index (χ1n) is 12.5. The zero-order valence-electron chi connectivity index (χ0n) is 20.1. The summed E-state index contributed by atoms with van der Waals surface area (Å²) in [5, 5.41) is 2.28. The maximum Gasteiger partial charge on any atom is 0.285 e. The molecular formula is C29H25ClN2O4S. The first-order chi connectivity index (χ1) is 18.1. The molecule has 1 fully saturated rings. The predicted octanol–water partition coefficient (Wildman–Crippen LogP) is 7.38. The van der Waals surface area contributed by atoms with Gasteiger partial charge in [0.05, 0.1) is 26.4 Å². The quantitative estimate of drug-likeness (QED) is 0.232. The van der Waals surface area contributed by atoms with E-state index < -0.39 is 17.9 Å². The second kappa shape index (κ2) is 10.2. The molecule has 2 heterocycles. The molecule has 1 atom stereocenters. The lowest BCUT2D eigenvalue weighted by Gasteiger charge is -2.32. The molecule has 6 rings (SSSR count). The number of carbonyl (C=O) groups is 2. The van der Waals surface area contributed by atoms with E-state index >= 15 is 0 Å². The van der Waals surface area contributed by atoms with Gasteiger partial charge in [0.2, 0.25) is 0 Å². The molecule has 1 unspecified atom stereocenters. The van der Waals surface area contributed by atoms with E-state index in [-0.39, 0.29) is 5.92 Å². The molecule has 0 radical (unpaired) electrons. The number of rotatable bonds is 7. The fraction of sp³-hybridized carbons (Fsp3) is 0.276. The first kappa shape index (κ1) is 24.1. The Kier molecular flexibility index (Phi) is 6.67. The molecule has 0 N–H and O–H groups in total. The Bertz CT molecular complexity index is 1410. The van der Waals surface area contributed by atoms with Crippen LogP contribution < -0.4 is 4.74 Å². The Morgan fingerprint density at radius 1 is 0.946 bits per heavy atom. The van der Waals surface area contributed by atoms with E-state index in [1.54, 1.807) is 41.7 Å². The van der Waals surface area contributed by atoms with Gasteiger partial charge in [-0.3, -0.25) is 14.4 Å². The van der Waals surface area contributed by atoms with Crippen LogP contribution in [-0.4, -0.2) is 21.9 Å². The van der Waals surface area contributed by atoms with Crippen molar-refractivity contribution in [2.45, 2.75) is 44.8 Å². The number of imide groups is 1. The van der Waals surface area contributed by atoms with Crippen molar-refractivity contribution >= 4 is 45.0 Å². The van der Waals surface area contributed by atoms with Gasteiger partial charge in [0.1, 0.15) is 23.5 Å². The molecule has 1 aliphatic heterocycles. The molecule has 1 aliphatic carbocycles. The van der Waals surface area contributed by atoms with Crippen molar-refractivity contribution in [3.63, 3.8) is 0 Å². The van der Waals surface area contributed by atoms with Gasteiger partial charge < -0.3 is 4.74 Å². The number of hydrogen-bond acceptors (Lipinski definition) is 6. The van der Waals surface area contributed by atoms with Gasteiger partial charge in [-0.05, 0) is 55.2 Å². The van der Waals surface area contributed by atoms with Crippen LogP contribution in [0.5, 0.6) is 5.75 Å². The largest absolute Gasteiger partial charge is 0.486 e. The molecule has 2 amide bonds. The van der Waals surface area contributed by atoms with Crippen LogP contribution in [0.25, 0.3) is 10.2 Å². The molecule has 0 spiro atoms. The minimum absolute atomic E-state index is 0.144. The van der Waals surface area contributed by atoms with Crippen molar-refractivity contribution in [3.8, 4) is 5.75 Å².